The van der Waals surface area contributed by atoms with Crippen molar-refractivity contribution in [2.45, 2.75) is 39.5 Å². The smallest absolute Gasteiger partial charge is 0.261 e. The molecule has 1 amide bonds. The highest BCUT2D eigenvalue weighted by molar-refractivity contribution is 5.99. The van der Waals surface area contributed by atoms with Gasteiger partial charge in [0.25, 0.3) is 5.91 Å². The Labute approximate surface area is 120 Å². The molecule has 0 spiro atoms. The zero-order valence-electron chi connectivity index (χ0n) is 12.2. The Morgan fingerprint density at radius 1 is 1.15 bits per heavy atom. The quantitative estimate of drug-likeness (QED) is 0.892. The molecule has 20 heavy (non-hydrogen) atoms. The summed E-state index contributed by atoms with van der Waals surface area (Å²) in [5.41, 5.74) is 0.366. The zero-order chi connectivity index (χ0) is 14.8. The number of rotatable bonds is 3. The maximum absolute atomic E-state index is 12.4. The third-order valence-electron chi connectivity index (χ3n) is 4.85. The van der Waals surface area contributed by atoms with E-state index in [1.54, 1.807) is 4.90 Å². The molecular weight excluding hydrogens is 254 g/mol. The summed E-state index contributed by atoms with van der Waals surface area (Å²) in [6, 6.07) is 4.38. The molecular formula is C16H23NO3. The molecule has 0 aliphatic carbocycles. The lowest BCUT2D eigenvalue weighted by molar-refractivity contribution is 0.0552. The van der Waals surface area contributed by atoms with E-state index in [-0.39, 0.29) is 23.0 Å². The highest BCUT2D eigenvalue weighted by atomic mass is 16.3. The van der Waals surface area contributed by atoms with Crippen LogP contribution in [0, 0.1) is 5.41 Å². The van der Waals surface area contributed by atoms with Gasteiger partial charge in [-0.25, -0.2) is 0 Å². The third kappa shape index (κ3) is 2.60. The number of phenolic OH excluding ortho intramolecular Hbond substituents is 2. The van der Waals surface area contributed by atoms with Crippen molar-refractivity contribution in [2.24, 2.45) is 5.41 Å². The molecule has 0 unspecified atom stereocenters. The van der Waals surface area contributed by atoms with Crippen molar-refractivity contribution in [3.63, 3.8) is 0 Å². The number of amides is 1. The summed E-state index contributed by atoms with van der Waals surface area (Å²) < 4.78 is 0. The van der Waals surface area contributed by atoms with Gasteiger partial charge in [0.1, 0.15) is 17.1 Å². The maximum Gasteiger partial charge on any atom is 0.261 e. The van der Waals surface area contributed by atoms with Gasteiger partial charge in [-0.3, -0.25) is 4.79 Å². The van der Waals surface area contributed by atoms with Crippen LogP contribution in [0.1, 0.15) is 49.9 Å². The van der Waals surface area contributed by atoms with E-state index in [2.05, 4.69) is 13.8 Å². The Kier molecular flexibility index (Phi) is 4.21. The lowest BCUT2D eigenvalue weighted by atomic mass is 9.74. The van der Waals surface area contributed by atoms with Gasteiger partial charge in [0, 0.05) is 13.1 Å². The Hall–Kier alpha value is -1.71. The van der Waals surface area contributed by atoms with E-state index in [1.807, 2.05) is 0 Å². The van der Waals surface area contributed by atoms with Crippen LogP contribution < -0.4 is 0 Å². The number of carbonyl (C=O) groups excluding carboxylic acids is 1. The van der Waals surface area contributed by atoms with E-state index < -0.39 is 0 Å². The van der Waals surface area contributed by atoms with Crippen molar-refractivity contribution in [1.82, 2.24) is 4.90 Å². The number of likely N-dealkylation sites (tertiary alicyclic amines) is 1. The molecule has 0 aromatic heterocycles. The van der Waals surface area contributed by atoms with Gasteiger partial charge in [0.15, 0.2) is 0 Å². The minimum absolute atomic E-state index is 0.0213. The van der Waals surface area contributed by atoms with Crippen molar-refractivity contribution in [2.75, 3.05) is 13.1 Å². The van der Waals surface area contributed by atoms with Crippen molar-refractivity contribution < 1.29 is 15.0 Å². The number of phenols is 2. The number of aromatic hydroxyl groups is 2. The minimum Gasteiger partial charge on any atom is -0.507 e. The summed E-state index contributed by atoms with van der Waals surface area (Å²) in [5.74, 6) is -0.586. The average molecular weight is 277 g/mol. The normalized spacial score (nSPS) is 18.0. The number of hydrogen-bond donors (Lipinski definition) is 2. The van der Waals surface area contributed by atoms with Crippen LogP contribution in [-0.2, 0) is 0 Å². The Morgan fingerprint density at radius 2 is 1.65 bits per heavy atom. The Balaban J connectivity index is 2.13. The van der Waals surface area contributed by atoms with Gasteiger partial charge in [-0.15, -0.1) is 0 Å². The van der Waals surface area contributed by atoms with E-state index in [0.29, 0.717) is 18.5 Å². The Bertz CT molecular complexity index is 464. The van der Waals surface area contributed by atoms with E-state index >= 15 is 0 Å². The molecule has 0 atom stereocenters. The largest absolute Gasteiger partial charge is 0.507 e. The van der Waals surface area contributed by atoms with Gasteiger partial charge >= 0.3 is 0 Å². The molecule has 1 fully saturated rings. The molecule has 4 nitrogen and oxygen atoms in total. The molecule has 1 aliphatic rings. The van der Waals surface area contributed by atoms with Crippen LogP contribution in [0.3, 0.4) is 0 Å². The fourth-order valence-electron chi connectivity index (χ4n) is 3.05. The fourth-order valence-corrected chi connectivity index (χ4v) is 3.05. The average Bonchev–Trinajstić information content (AvgIpc) is 2.47. The lowest BCUT2D eigenvalue weighted by Crippen LogP contribution is -2.42. The number of benzene rings is 1. The van der Waals surface area contributed by atoms with E-state index in [9.17, 15) is 15.0 Å². The van der Waals surface area contributed by atoms with E-state index in [0.717, 1.165) is 25.7 Å². The summed E-state index contributed by atoms with van der Waals surface area (Å²) in [5, 5.41) is 19.6. The summed E-state index contributed by atoms with van der Waals surface area (Å²) in [7, 11) is 0. The van der Waals surface area contributed by atoms with Gasteiger partial charge in [-0.2, -0.15) is 0 Å². The van der Waals surface area contributed by atoms with Gasteiger partial charge < -0.3 is 15.1 Å². The van der Waals surface area contributed by atoms with Crippen LogP contribution in [0.15, 0.2) is 18.2 Å². The summed E-state index contributed by atoms with van der Waals surface area (Å²) in [6.07, 6.45) is 4.24. The first-order chi connectivity index (χ1) is 9.53. The molecule has 0 bridgehead atoms. The molecule has 1 saturated heterocycles. The number of hydrogen-bond acceptors (Lipinski definition) is 3. The van der Waals surface area contributed by atoms with Crippen molar-refractivity contribution in [3.05, 3.63) is 23.8 Å². The van der Waals surface area contributed by atoms with E-state index in [4.69, 9.17) is 0 Å². The second kappa shape index (κ2) is 5.73. The lowest BCUT2D eigenvalue weighted by Gasteiger charge is -2.41. The second-order valence-corrected chi connectivity index (χ2v) is 5.67. The molecule has 1 heterocycles. The minimum atomic E-state index is -0.276. The van der Waals surface area contributed by atoms with Crippen LogP contribution in [0.5, 0.6) is 11.5 Å². The molecule has 2 N–H and O–H groups in total. The predicted octanol–water partition coefficient (Wildman–Crippen LogP) is 3.14. The van der Waals surface area contributed by atoms with Gasteiger partial charge in [-0.05, 0) is 30.4 Å². The van der Waals surface area contributed by atoms with Crippen LogP contribution in [-0.4, -0.2) is 34.1 Å². The zero-order valence-corrected chi connectivity index (χ0v) is 12.2. The van der Waals surface area contributed by atoms with Crippen LogP contribution in [0.2, 0.25) is 0 Å². The van der Waals surface area contributed by atoms with Crippen molar-refractivity contribution in [1.29, 1.82) is 0 Å². The van der Waals surface area contributed by atoms with Crippen molar-refractivity contribution >= 4 is 5.91 Å². The maximum atomic E-state index is 12.4. The van der Waals surface area contributed by atoms with Gasteiger partial charge in [0.2, 0.25) is 0 Å². The molecule has 2 rings (SSSR count). The monoisotopic (exact) mass is 277 g/mol. The fraction of sp³-hybridized carbons (Fsp3) is 0.562. The SMILES string of the molecule is CCC1(CC)CCN(C(=O)c2c(O)cccc2O)CC1. The van der Waals surface area contributed by atoms with Gasteiger partial charge in [-0.1, -0.05) is 32.8 Å². The second-order valence-electron chi connectivity index (χ2n) is 5.67. The van der Waals surface area contributed by atoms with Crippen LogP contribution >= 0.6 is 0 Å². The van der Waals surface area contributed by atoms with Gasteiger partial charge in [0.05, 0.1) is 0 Å². The molecule has 1 aromatic rings. The first-order valence-electron chi connectivity index (χ1n) is 7.33. The molecule has 0 radical (unpaired) electrons. The molecule has 110 valence electrons. The molecule has 1 aromatic carbocycles. The number of nitrogens with zero attached hydrogens (tertiary/aromatic N) is 1. The first-order valence-corrected chi connectivity index (χ1v) is 7.33. The van der Waals surface area contributed by atoms with Crippen molar-refractivity contribution in [3.8, 4) is 11.5 Å². The first kappa shape index (κ1) is 14.7. The molecule has 1 aliphatic heterocycles. The topological polar surface area (TPSA) is 60.8 Å². The predicted molar refractivity (Wildman–Crippen MR) is 77.9 cm³/mol. The summed E-state index contributed by atoms with van der Waals surface area (Å²) in [6.45, 7) is 5.79. The van der Waals surface area contributed by atoms with Crippen LogP contribution in [0.4, 0.5) is 0 Å². The van der Waals surface area contributed by atoms with E-state index in [1.165, 1.54) is 18.2 Å². The van der Waals surface area contributed by atoms with Crippen LogP contribution in [0.25, 0.3) is 0 Å². The standard InChI is InChI=1S/C16H23NO3/c1-3-16(4-2)8-10-17(11-9-16)15(20)14-12(18)6-5-7-13(14)19/h5-7,18-19H,3-4,8-11H2,1-2H3. The highest BCUT2D eigenvalue weighted by Gasteiger charge is 2.34. The number of piperidine rings is 1. The summed E-state index contributed by atoms with van der Waals surface area (Å²) in [4.78, 5) is 14.2. The molecule has 0 saturated carbocycles. The number of carbonyl (C=O) groups is 1. The third-order valence-corrected chi connectivity index (χ3v) is 4.85. The Morgan fingerprint density at radius 3 is 2.10 bits per heavy atom. The molecule has 4 heteroatoms. The summed E-state index contributed by atoms with van der Waals surface area (Å²) >= 11 is 0. The highest BCUT2D eigenvalue weighted by Crippen LogP contribution is 2.39.